The van der Waals surface area contributed by atoms with Crippen molar-refractivity contribution in [2.75, 3.05) is 6.61 Å². The second kappa shape index (κ2) is 10.6. The Bertz CT molecular complexity index is 1270. The molecule has 0 atom stereocenters. The number of amides is 2. The zero-order chi connectivity index (χ0) is 24.2. The number of rotatable bonds is 8. The summed E-state index contributed by atoms with van der Waals surface area (Å²) >= 11 is 7.02. The number of carbonyl (C=O) groups excluding carboxylic acids is 2. The summed E-state index contributed by atoms with van der Waals surface area (Å²) in [6.07, 6.45) is 3.35. The summed E-state index contributed by atoms with van der Waals surface area (Å²) in [4.78, 5) is 43.7. The van der Waals surface area contributed by atoms with Gasteiger partial charge < -0.3 is 20.8 Å². The van der Waals surface area contributed by atoms with Crippen LogP contribution in [0.4, 0.5) is 4.39 Å². The number of aromatic nitrogens is 2. The molecule has 4 rings (SSSR count). The quantitative estimate of drug-likeness (QED) is 0.431. The molecular weight excluding hydrogens is 483 g/mol. The maximum absolute atomic E-state index is 13.3. The first-order valence-electron chi connectivity index (χ1n) is 10.9. The maximum atomic E-state index is 13.3. The third-order valence-corrected chi connectivity index (χ3v) is 7.24. The molecule has 1 aliphatic carbocycles. The zero-order valence-electron chi connectivity index (χ0n) is 18.2. The molecule has 0 saturated heterocycles. The van der Waals surface area contributed by atoms with Gasteiger partial charge in [-0.25, -0.2) is 9.37 Å². The van der Waals surface area contributed by atoms with E-state index < -0.39 is 17.3 Å². The minimum atomic E-state index is -0.558. The highest BCUT2D eigenvalue weighted by Crippen LogP contribution is 2.29. The molecule has 1 aromatic carbocycles. The third kappa shape index (κ3) is 5.63. The van der Waals surface area contributed by atoms with Crippen molar-refractivity contribution < 1.29 is 18.7 Å². The van der Waals surface area contributed by atoms with E-state index in [0.717, 1.165) is 25.7 Å². The molecule has 1 aliphatic rings. The lowest BCUT2D eigenvalue weighted by Crippen LogP contribution is -2.28. The van der Waals surface area contributed by atoms with Crippen molar-refractivity contribution in [1.82, 2.24) is 15.3 Å². The average Bonchev–Trinajstić information content (AvgIpc) is 3.23. The second-order valence-electron chi connectivity index (χ2n) is 8.42. The van der Waals surface area contributed by atoms with E-state index in [0.29, 0.717) is 33.9 Å². The number of nitrogens with one attached hydrogen (secondary N) is 2. The van der Waals surface area contributed by atoms with E-state index in [4.69, 9.17) is 22.1 Å². The number of carbonyl (C=O) groups is 2. The molecule has 8 nitrogen and oxygen atoms in total. The van der Waals surface area contributed by atoms with Crippen LogP contribution in [0.25, 0.3) is 10.2 Å². The third-order valence-electron chi connectivity index (χ3n) is 6.03. The van der Waals surface area contributed by atoms with Crippen molar-refractivity contribution in [1.29, 1.82) is 0 Å². The Morgan fingerprint density at radius 1 is 1.29 bits per heavy atom. The monoisotopic (exact) mass is 506 g/mol. The summed E-state index contributed by atoms with van der Waals surface area (Å²) in [7, 11) is 0. The Morgan fingerprint density at radius 2 is 2.06 bits per heavy atom. The number of hydrogen-bond donors (Lipinski definition) is 3. The predicted octanol–water partition coefficient (Wildman–Crippen LogP) is 3.52. The van der Waals surface area contributed by atoms with Gasteiger partial charge in [-0.3, -0.25) is 14.4 Å². The highest BCUT2D eigenvalue weighted by atomic mass is 35.5. The number of thiophene rings is 1. The van der Waals surface area contributed by atoms with Crippen molar-refractivity contribution in [3.8, 4) is 0 Å². The average molecular weight is 507 g/mol. The molecule has 0 aliphatic heterocycles. The van der Waals surface area contributed by atoms with Gasteiger partial charge in [0.25, 0.3) is 11.5 Å². The van der Waals surface area contributed by atoms with Crippen molar-refractivity contribution in [3.05, 3.63) is 61.7 Å². The number of aromatic amines is 1. The first-order valence-corrected chi connectivity index (χ1v) is 12.2. The van der Waals surface area contributed by atoms with Gasteiger partial charge >= 0.3 is 0 Å². The molecule has 3 aromatic rings. The number of halogens is 2. The van der Waals surface area contributed by atoms with Gasteiger partial charge in [0.15, 0.2) is 0 Å². The van der Waals surface area contributed by atoms with E-state index in [1.54, 1.807) is 5.38 Å². The lowest BCUT2D eigenvalue weighted by Gasteiger charge is -2.26. The van der Waals surface area contributed by atoms with Gasteiger partial charge in [-0.15, -0.1) is 11.3 Å². The number of benzene rings is 1. The number of H-pyrrole nitrogens is 1. The fourth-order valence-electron chi connectivity index (χ4n) is 4.09. The van der Waals surface area contributed by atoms with Crippen LogP contribution in [0.15, 0.2) is 28.4 Å². The number of hydrogen-bond acceptors (Lipinski definition) is 6. The minimum Gasteiger partial charge on any atom is -0.376 e. The maximum Gasteiger partial charge on any atom is 0.287 e. The number of ether oxygens (including phenoxy) is 1. The molecule has 1 fully saturated rings. The minimum absolute atomic E-state index is 0.0358. The molecule has 4 N–H and O–H groups in total. The van der Waals surface area contributed by atoms with Gasteiger partial charge in [0.1, 0.15) is 10.6 Å². The fourth-order valence-corrected chi connectivity index (χ4v) is 5.21. The van der Waals surface area contributed by atoms with E-state index in [-0.39, 0.29) is 35.8 Å². The molecular formula is C23H24ClFN4O4S. The first-order chi connectivity index (χ1) is 16.3. The zero-order valence-corrected chi connectivity index (χ0v) is 19.8. The Morgan fingerprint density at radius 3 is 2.76 bits per heavy atom. The summed E-state index contributed by atoms with van der Waals surface area (Å²) in [6, 6.07) is 4.15. The van der Waals surface area contributed by atoms with Crippen LogP contribution in [-0.2, 0) is 22.7 Å². The number of primary amides is 1. The van der Waals surface area contributed by atoms with Crippen molar-refractivity contribution in [3.63, 3.8) is 0 Å². The highest BCUT2D eigenvalue weighted by Gasteiger charge is 2.25. The van der Waals surface area contributed by atoms with Gasteiger partial charge in [0.2, 0.25) is 11.7 Å². The summed E-state index contributed by atoms with van der Waals surface area (Å²) in [6.45, 7) is 0.908. The van der Waals surface area contributed by atoms with Gasteiger partial charge in [0, 0.05) is 24.6 Å². The highest BCUT2D eigenvalue weighted by molar-refractivity contribution is 7.16. The smallest absolute Gasteiger partial charge is 0.287 e. The lowest BCUT2D eigenvalue weighted by atomic mass is 9.82. The predicted molar refractivity (Wildman–Crippen MR) is 127 cm³/mol. The second-order valence-corrected chi connectivity index (χ2v) is 9.69. The standard InChI is InChI=1S/C23H24ClFN4O4S/c24-16-7-13(3-6-17(16)25)8-27-22(32)20-28-21(31)18-15(11-34-23(18)29-20)10-33-9-12-1-4-14(5-2-12)19(26)30/h3,6-7,11-12,14H,1-2,4-5,8-10H2,(H2,26,30)(H,27,32)(H,28,29,31). The van der Waals surface area contributed by atoms with E-state index in [1.165, 1.54) is 29.5 Å². The molecule has 2 amide bonds. The van der Waals surface area contributed by atoms with Crippen LogP contribution in [0.2, 0.25) is 5.02 Å². The Kier molecular flexibility index (Phi) is 7.60. The fraction of sp³-hybridized carbons (Fsp3) is 0.391. The number of nitrogens with zero attached hydrogens (tertiary/aromatic N) is 1. The normalized spacial score (nSPS) is 18.2. The molecule has 0 bridgehead atoms. The molecule has 11 heteroatoms. The molecule has 0 unspecified atom stereocenters. The van der Waals surface area contributed by atoms with Gasteiger partial charge in [0.05, 0.1) is 17.0 Å². The lowest BCUT2D eigenvalue weighted by molar-refractivity contribution is -0.123. The Balaban J connectivity index is 1.35. The first kappa shape index (κ1) is 24.3. The van der Waals surface area contributed by atoms with Crippen LogP contribution >= 0.6 is 22.9 Å². The van der Waals surface area contributed by atoms with Crippen LogP contribution in [0.5, 0.6) is 0 Å². The van der Waals surface area contributed by atoms with E-state index in [1.807, 2.05) is 0 Å². The summed E-state index contributed by atoms with van der Waals surface area (Å²) in [5.74, 6) is -1.11. The van der Waals surface area contributed by atoms with Gasteiger partial charge in [-0.2, -0.15) is 0 Å². The topological polar surface area (TPSA) is 127 Å². The summed E-state index contributed by atoms with van der Waals surface area (Å²) < 4.78 is 19.1. The molecule has 2 heterocycles. The molecule has 0 spiro atoms. The van der Waals surface area contributed by atoms with Crippen LogP contribution in [-0.4, -0.2) is 28.4 Å². The summed E-state index contributed by atoms with van der Waals surface area (Å²) in [5.41, 5.74) is 6.29. The van der Waals surface area contributed by atoms with E-state index in [9.17, 15) is 18.8 Å². The Hall–Kier alpha value is -2.82. The van der Waals surface area contributed by atoms with E-state index in [2.05, 4.69) is 15.3 Å². The molecule has 0 radical (unpaired) electrons. The van der Waals surface area contributed by atoms with Gasteiger partial charge in [-0.05, 0) is 54.7 Å². The number of nitrogens with two attached hydrogens (primary N) is 1. The molecule has 180 valence electrons. The van der Waals surface area contributed by atoms with Crippen molar-refractivity contribution in [2.45, 2.75) is 38.8 Å². The van der Waals surface area contributed by atoms with Crippen molar-refractivity contribution >= 4 is 45.0 Å². The van der Waals surface area contributed by atoms with Gasteiger partial charge in [-0.1, -0.05) is 17.7 Å². The van der Waals surface area contributed by atoms with Crippen molar-refractivity contribution in [2.24, 2.45) is 17.6 Å². The Labute approximate surface area is 203 Å². The molecule has 2 aromatic heterocycles. The number of fused-ring (bicyclic) bond motifs is 1. The SMILES string of the molecule is NC(=O)C1CCC(COCc2csc3nc(C(=O)NCc4ccc(F)c(Cl)c4)[nH]c(=O)c23)CC1. The molecule has 34 heavy (non-hydrogen) atoms. The molecule has 1 saturated carbocycles. The van der Waals surface area contributed by atoms with E-state index >= 15 is 0 Å². The van der Waals surface area contributed by atoms with Crippen LogP contribution in [0.1, 0.15) is 47.4 Å². The van der Waals surface area contributed by atoms with Crippen LogP contribution in [0, 0.1) is 17.7 Å². The van der Waals surface area contributed by atoms with Crippen LogP contribution < -0.4 is 16.6 Å². The van der Waals surface area contributed by atoms with Crippen LogP contribution in [0.3, 0.4) is 0 Å². The summed E-state index contributed by atoms with van der Waals surface area (Å²) in [5, 5.41) is 4.82. The largest absolute Gasteiger partial charge is 0.376 e.